The SMILES string of the molecule is COc1ccc(C(O)Cc2ccc(Cl)c(Cl)c2)cc1C. The number of ether oxygens (including phenoxy) is 1. The van der Waals surface area contributed by atoms with Crippen molar-refractivity contribution in [1.29, 1.82) is 0 Å². The van der Waals surface area contributed by atoms with E-state index in [0.717, 1.165) is 22.4 Å². The lowest BCUT2D eigenvalue weighted by molar-refractivity contribution is 0.178. The third-order valence-electron chi connectivity index (χ3n) is 3.22. The molecule has 0 heterocycles. The highest BCUT2D eigenvalue weighted by atomic mass is 35.5. The molecule has 0 aliphatic carbocycles. The Labute approximate surface area is 128 Å². The zero-order valence-corrected chi connectivity index (χ0v) is 12.9. The van der Waals surface area contributed by atoms with Crippen molar-refractivity contribution < 1.29 is 9.84 Å². The molecule has 2 rings (SSSR count). The standard InChI is InChI=1S/C16H16Cl2O2/c1-10-7-12(4-6-16(10)20-2)15(19)9-11-3-5-13(17)14(18)8-11/h3-8,15,19H,9H2,1-2H3. The molecule has 2 nitrogen and oxygen atoms in total. The number of rotatable bonds is 4. The van der Waals surface area contributed by atoms with Crippen molar-refractivity contribution in [3.8, 4) is 5.75 Å². The second-order valence-electron chi connectivity index (χ2n) is 4.70. The molecule has 2 aromatic rings. The molecule has 4 heteroatoms. The molecule has 0 fully saturated rings. The third kappa shape index (κ3) is 3.45. The second kappa shape index (κ2) is 6.49. The van der Waals surface area contributed by atoms with Crippen molar-refractivity contribution in [2.24, 2.45) is 0 Å². The van der Waals surface area contributed by atoms with Crippen molar-refractivity contribution in [2.75, 3.05) is 7.11 Å². The first-order valence-corrected chi connectivity index (χ1v) is 7.03. The van der Waals surface area contributed by atoms with E-state index >= 15 is 0 Å². The average Bonchev–Trinajstić information content (AvgIpc) is 2.42. The van der Waals surface area contributed by atoms with E-state index in [1.165, 1.54) is 0 Å². The highest BCUT2D eigenvalue weighted by Crippen LogP contribution is 2.27. The van der Waals surface area contributed by atoms with E-state index in [1.54, 1.807) is 19.2 Å². The monoisotopic (exact) mass is 310 g/mol. The van der Waals surface area contributed by atoms with Crippen LogP contribution in [0.1, 0.15) is 22.8 Å². The van der Waals surface area contributed by atoms with E-state index < -0.39 is 6.10 Å². The zero-order chi connectivity index (χ0) is 14.7. The molecule has 0 saturated carbocycles. The maximum atomic E-state index is 10.3. The van der Waals surface area contributed by atoms with Gasteiger partial charge < -0.3 is 9.84 Å². The molecule has 2 aromatic carbocycles. The molecular formula is C16H16Cl2O2. The van der Waals surface area contributed by atoms with Crippen molar-refractivity contribution in [3.63, 3.8) is 0 Å². The topological polar surface area (TPSA) is 29.5 Å². The molecule has 20 heavy (non-hydrogen) atoms. The summed E-state index contributed by atoms with van der Waals surface area (Å²) in [7, 11) is 1.63. The smallest absolute Gasteiger partial charge is 0.121 e. The molecule has 1 N–H and O–H groups in total. The summed E-state index contributed by atoms with van der Waals surface area (Å²) in [5.41, 5.74) is 2.80. The molecule has 1 unspecified atom stereocenters. The van der Waals surface area contributed by atoms with Crippen LogP contribution >= 0.6 is 23.2 Å². The van der Waals surface area contributed by atoms with Gasteiger partial charge in [-0.2, -0.15) is 0 Å². The van der Waals surface area contributed by atoms with Crippen molar-refractivity contribution in [1.82, 2.24) is 0 Å². The normalized spacial score (nSPS) is 12.2. The summed E-state index contributed by atoms with van der Waals surface area (Å²) in [6.07, 6.45) is -0.0975. The first-order valence-electron chi connectivity index (χ1n) is 6.28. The summed E-state index contributed by atoms with van der Waals surface area (Å²) in [5.74, 6) is 0.815. The molecule has 0 saturated heterocycles. The number of aryl methyl sites for hydroxylation is 1. The largest absolute Gasteiger partial charge is 0.496 e. The van der Waals surface area contributed by atoms with Gasteiger partial charge in [-0.05, 0) is 47.9 Å². The summed E-state index contributed by atoms with van der Waals surface area (Å²) in [6.45, 7) is 1.95. The van der Waals surface area contributed by atoms with Gasteiger partial charge >= 0.3 is 0 Å². The van der Waals surface area contributed by atoms with Crippen LogP contribution < -0.4 is 4.74 Å². The van der Waals surface area contributed by atoms with Gasteiger partial charge in [-0.3, -0.25) is 0 Å². The van der Waals surface area contributed by atoms with E-state index in [1.807, 2.05) is 31.2 Å². The molecule has 0 aromatic heterocycles. The molecular weight excluding hydrogens is 295 g/mol. The Morgan fingerprint density at radius 3 is 2.45 bits per heavy atom. The predicted molar refractivity (Wildman–Crippen MR) is 82.9 cm³/mol. The minimum atomic E-state index is -0.586. The highest BCUT2D eigenvalue weighted by Gasteiger charge is 2.11. The number of methoxy groups -OCH3 is 1. The Morgan fingerprint density at radius 1 is 1.10 bits per heavy atom. The fraction of sp³-hybridized carbons (Fsp3) is 0.250. The Morgan fingerprint density at radius 2 is 1.85 bits per heavy atom. The number of halogens is 2. The number of aliphatic hydroxyl groups is 1. The summed E-state index contributed by atoms with van der Waals surface area (Å²) in [5, 5.41) is 11.3. The molecule has 106 valence electrons. The summed E-state index contributed by atoms with van der Waals surface area (Å²) < 4.78 is 5.21. The van der Waals surface area contributed by atoms with Gasteiger partial charge in [0.1, 0.15) is 5.75 Å². The third-order valence-corrected chi connectivity index (χ3v) is 3.96. The van der Waals surface area contributed by atoms with Gasteiger partial charge in [-0.1, -0.05) is 35.3 Å². The van der Waals surface area contributed by atoms with Crippen LogP contribution in [-0.4, -0.2) is 12.2 Å². The van der Waals surface area contributed by atoms with Gasteiger partial charge in [-0.15, -0.1) is 0 Å². The maximum Gasteiger partial charge on any atom is 0.121 e. The van der Waals surface area contributed by atoms with Crippen LogP contribution in [0.25, 0.3) is 0 Å². The van der Waals surface area contributed by atoms with E-state index in [2.05, 4.69) is 0 Å². The van der Waals surface area contributed by atoms with Crippen LogP contribution in [0.15, 0.2) is 36.4 Å². The molecule has 1 atom stereocenters. The van der Waals surface area contributed by atoms with Crippen LogP contribution in [0.5, 0.6) is 5.75 Å². The first-order chi connectivity index (χ1) is 9.51. The number of benzene rings is 2. The molecule has 0 spiro atoms. The molecule has 0 amide bonds. The van der Waals surface area contributed by atoms with Crippen molar-refractivity contribution in [2.45, 2.75) is 19.4 Å². The fourth-order valence-corrected chi connectivity index (χ4v) is 2.44. The van der Waals surface area contributed by atoms with E-state index in [0.29, 0.717) is 16.5 Å². The average molecular weight is 311 g/mol. The Bertz CT molecular complexity index is 611. The van der Waals surface area contributed by atoms with Gasteiger partial charge in [0.15, 0.2) is 0 Å². The summed E-state index contributed by atoms with van der Waals surface area (Å²) in [6, 6.07) is 11.1. The van der Waals surface area contributed by atoms with Gasteiger partial charge in [0.2, 0.25) is 0 Å². The van der Waals surface area contributed by atoms with Gasteiger partial charge in [0.05, 0.1) is 23.3 Å². The lowest BCUT2D eigenvalue weighted by atomic mass is 10.00. The Balaban J connectivity index is 2.17. The van der Waals surface area contributed by atoms with Crippen LogP contribution in [0.4, 0.5) is 0 Å². The molecule has 0 aliphatic heterocycles. The summed E-state index contributed by atoms with van der Waals surface area (Å²) >= 11 is 11.9. The van der Waals surface area contributed by atoms with Crippen LogP contribution in [-0.2, 0) is 6.42 Å². The predicted octanol–water partition coefficient (Wildman–Crippen LogP) is 4.59. The fourth-order valence-electron chi connectivity index (χ4n) is 2.12. The number of hydrogen-bond acceptors (Lipinski definition) is 2. The van der Waals surface area contributed by atoms with Gasteiger partial charge in [0, 0.05) is 6.42 Å². The quantitative estimate of drug-likeness (QED) is 0.895. The zero-order valence-electron chi connectivity index (χ0n) is 11.4. The van der Waals surface area contributed by atoms with Crippen LogP contribution in [0, 0.1) is 6.92 Å². The molecule has 0 bridgehead atoms. The maximum absolute atomic E-state index is 10.3. The highest BCUT2D eigenvalue weighted by molar-refractivity contribution is 6.42. The molecule has 0 radical (unpaired) electrons. The van der Waals surface area contributed by atoms with E-state index in [-0.39, 0.29) is 0 Å². The van der Waals surface area contributed by atoms with Gasteiger partial charge in [-0.25, -0.2) is 0 Å². The van der Waals surface area contributed by atoms with Crippen molar-refractivity contribution in [3.05, 3.63) is 63.1 Å². The van der Waals surface area contributed by atoms with E-state index in [9.17, 15) is 5.11 Å². The van der Waals surface area contributed by atoms with Gasteiger partial charge in [0.25, 0.3) is 0 Å². The first kappa shape index (κ1) is 15.2. The minimum absolute atomic E-state index is 0.489. The van der Waals surface area contributed by atoms with Crippen molar-refractivity contribution >= 4 is 23.2 Å². The minimum Gasteiger partial charge on any atom is -0.496 e. The van der Waals surface area contributed by atoms with E-state index in [4.69, 9.17) is 27.9 Å². The Hall–Kier alpha value is -1.22. The lowest BCUT2D eigenvalue weighted by Gasteiger charge is -2.14. The Kier molecular flexibility index (Phi) is 4.92. The number of aliphatic hydroxyl groups excluding tert-OH is 1. The summed E-state index contributed by atoms with van der Waals surface area (Å²) in [4.78, 5) is 0. The second-order valence-corrected chi connectivity index (χ2v) is 5.51. The lowest BCUT2D eigenvalue weighted by Crippen LogP contribution is -2.02. The van der Waals surface area contributed by atoms with Crippen LogP contribution in [0.2, 0.25) is 10.0 Å². The molecule has 0 aliphatic rings. The number of hydrogen-bond donors (Lipinski definition) is 1. The van der Waals surface area contributed by atoms with Crippen LogP contribution in [0.3, 0.4) is 0 Å².